The maximum Gasteiger partial charge on any atom is 0.407 e. The Bertz CT molecular complexity index is 2110. The van der Waals surface area contributed by atoms with Crippen LogP contribution in [0.25, 0.3) is 0 Å². The molecule has 2 aromatic carbocycles. The van der Waals surface area contributed by atoms with Crippen LogP contribution in [0.2, 0.25) is 0 Å². The van der Waals surface area contributed by atoms with Gasteiger partial charge in [-0.1, -0.05) is 95.8 Å². The van der Waals surface area contributed by atoms with E-state index in [2.05, 4.69) is 36.3 Å². The van der Waals surface area contributed by atoms with Crippen molar-refractivity contribution < 1.29 is 38.3 Å². The molecule has 3 N–H and O–H groups in total. The molecule has 0 bridgehead atoms. The van der Waals surface area contributed by atoms with E-state index in [9.17, 15) is 24.0 Å². The van der Waals surface area contributed by atoms with Gasteiger partial charge in [0.2, 0.25) is 6.41 Å². The number of hydrogen-bond acceptors (Lipinski definition) is 16. The van der Waals surface area contributed by atoms with Crippen LogP contribution >= 0.6 is 46.2 Å². The summed E-state index contributed by atoms with van der Waals surface area (Å²) in [4.78, 5) is 77.2. The molecule has 3 atom stereocenters. The summed E-state index contributed by atoms with van der Waals surface area (Å²) >= 11 is 5.21. The number of anilines is 1. The topological polar surface area (TPSA) is 203 Å². The number of oxime groups is 1. The largest absolute Gasteiger partial charge is 0.448 e. The Morgan fingerprint density at radius 1 is 1.07 bits per heavy atom. The van der Waals surface area contributed by atoms with Crippen molar-refractivity contribution in [3.05, 3.63) is 99.6 Å². The van der Waals surface area contributed by atoms with Crippen molar-refractivity contribution in [2.75, 3.05) is 23.4 Å². The van der Waals surface area contributed by atoms with E-state index in [1.807, 2.05) is 67.6 Å². The number of carbonyl (C=O) groups excluding carboxylic acids is 5. The zero-order valence-corrected chi connectivity index (χ0v) is 35.0. The van der Waals surface area contributed by atoms with Crippen molar-refractivity contribution in [3.63, 3.8) is 0 Å². The molecule has 1 saturated heterocycles. The molecule has 6 rings (SSSR count). The Labute approximate surface area is 350 Å². The van der Waals surface area contributed by atoms with Gasteiger partial charge in [0.25, 0.3) is 11.8 Å². The molecule has 4 heterocycles. The molecular formula is C38H40N8O8S4. The predicted molar refractivity (Wildman–Crippen MR) is 221 cm³/mol. The second-order valence-corrected chi connectivity index (χ2v) is 17.7. The maximum atomic E-state index is 14.4. The first-order valence-electron chi connectivity index (χ1n) is 18.0. The number of esters is 1. The summed E-state index contributed by atoms with van der Waals surface area (Å²) in [6.45, 7) is 7.06. The Hall–Kier alpha value is -5.31. The minimum Gasteiger partial charge on any atom is -0.448 e. The lowest BCUT2D eigenvalue weighted by atomic mass is 10.0. The van der Waals surface area contributed by atoms with Crippen molar-refractivity contribution >= 4 is 87.3 Å². The third kappa shape index (κ3) is 10.6. The lowest BCUT2D eigenvalue weighted by molar-refractivity contribution is -0.154. The molecule has 58 heavy (non-hydrogen) atoms. The molecule has 4 amide bonds. The van der Waals surface area contributed by atoms with Crippen molar-refractivity contribution in [2.24, 2.45) is 5.16 Å². The zero-order chi connectivity index (χ0) is 41.2. The predicted octanol–water partition coefficient (Wildman–Crippen LogP) is 5.37. The van der Waals surface area contributed by atoms with E-state index in [0.29, 0.717) is 34.2 Å². The minimum atomic E-state index is -1.05. The van der Waals surface area contributed by atoms with Crippen LogP contribution in [-0.2, 0) is 33.5 Å². The number of nitrogens with zero attached hydrogens (tertiary/aromatic N) is 5. The Morgan fingerprint density at radius 3 is 2.40 bits per heavy atom. The SMILES string of the molecule is CCC(CNC(=O)OC(C)(C)C)ON=C(C(=O)NC1C(=O)N2C(C(=O)OC(c3ccccc3)c3ccccc3)=C(CSc3nncs3)CS[C@@H]12)c1csc(NC=O)n1. The van der Waals surface area contributed by atoms with Gasteiger partial charge in [-0.15, -0.1) is 33.3 Å². The smallest absolute Gasteiger partial charge is 0.407 e. The molecule has 1 fully saturated rings. The highest BCUT2D eigenvalue weighted by Crippen LogP contribution is 2.43. The fourth-order valence-corrected chi connectivity index (χ4v) is 9.34. The van der Waals surface area contributed by atoms with Crippen molar-refractivity contribution in [3.8, 4) is 0 Å². The van der Waals surface area contributed by atoms with Gasteiger partial charge in [0.05, 0.1) is 6.54 Å². The summed E-state index contributed by atoms with van der Waals surface area (Å²) in [5.41, 5.74) is 3.01. The number of amides is 4. The number of hydrogen-bond donors (Lipinski definition) is 3. The summed E-state index contributed by atoms with van der Waals surface area (Å²) in [7, 11) is 0. The highest BCUT2D eigenvalue weighted by molar-refractivity contribution is 8.01. The second kappa shape index (κ2) is 19.4. The maximum absolute atomic E-state index is 14.4. The summed E-state index contributed by atoms with van der Waals surface area (Å²) in [5.74, 6) is -1.29. The number of fused-ring (bicyclic) bond motifs is 1. The second-order valence-electron chi connectivity index (χ2n) is 13.7. The van der Waals surface area contributed by atoms with Crippen LogP contribution in [0.3, 0.4) is 0 Å². The summed E-state index contributed by atoms with van der Waals surface area (Å²) in [5, 5.41) is 21.0. The van der Waals surface area contributed by atoms with E-state index < -0.39 is 53.1 Å². The van der Waals surface area contributed by atoms with Crippen molar-refractivity contribution in [2.45, 2.75) is 67.7 Å². The van der Waals surface area contributed by atoms with Gasteiger partial charge in [-0.3, -0.25) is 19.3 Å². The third-order valence-corrected chi connectivity index (χ3v) is 12.5. The number of rotatable bonds is 17. The number of alkyl carbamates (subject to hydrolysis) is 1. The number of thiazole rings is 1. The summed E-state index contributed by atoms with van der Waals surface area (Å²) in [6, 6.07) is 17.6. The molecule has 2 unspecified atom stereocenters. The van der Waals surface area contributed by atoms with Crippen LogP contribution in [0.5, 0.6) is 0 Å². The molecular weight excluding hydrogens is 825 g/mol. The van der Waals surface area contributed by atoms with Crippen molar-refractivity contribution in [1.82, 2.24) is 30.7 Å². The molecule has 2 aliphatic heterocycles. The minimum absolute atomic E-state index is 0.0217. The monoisotopic (exact) mass is 864 g/mol. The quantitative estimate of drug-likeness (QED) is 0.0306. The third-order valence-electron chi connectivity index (χ3n) is 8.43. The molecule has 2 aromatic heterocycles. The van der Waals surface area contributed by atoms with Crippen LogP contribution in [0.4, 0.5) is 9.93 Å². The molecule has 20 heteroatoms. The molecule has 2 aliphatic rings. The number of thioether (sulfide) groups is 2. The van der Waals surface area contributed by atoms with Crippen LogP contribution in [-0.4, -0.2) is 97.3 Å². The van der Waals surface area contributed by atoms with E-state index in [1.54, 1.807) is 26.3 Å². The van der Waals surface area contributed by atoms with Crippen LogP contribution < -0.4 is 16.0 Å². The van der Waals surface area contributed by atoms with E-state index >= 15 is 0 Å². The Kier molecular flexibility index (Phi) is 14.2. The first-order valence-corrected chi connectivity index (χ1v) is 21.8. The Balaban J connectivity index is 1.23. The standard InChI is InChI=1S/C38H40N8O8S4/c1-5-25(16-39-36(51)53-38(2,3)4)54-45-27(26-19-56-35(42-26)40-20-47)31(48)43-28-32(49)46-29(24(17-55-33(28)46)18-57-37-44-41-21-58-37)34(50)52-30(22-12-8-6-9-13-22)23-14-10-7-11-15-23/h6-15,19-21,25,28,30,33H,5,16-18H2,1-4H3,(H,39,51)(H,43,48)(H,40,42,47)/t25?,28?,33-/m0/s1. The lowest BCUT2D eigenvalue weighted by Gasteiger charge is -2.49. The molecule has 0 spiro atoms. The number of ether oxygens (including phenoxy) is 2. The fourth-order valence-electron chi connectivity index (χ4n) is 5.71. The number of β-lactam (4-membered cyclic amide) rings is 1. The number of nitrogens with one attached hydrogen (secondary N) is 3. The molecule has 0 radical (unpaired) electrons. The van der Waals surface area contributed by atoms with Crippen LogP contribution in [0, 0.1) is 0 Å². The van der Waals surface area contributed by atoms with Gasteiger partial charge in [-0.05, 0) is 43.9 Å². The summed E-state index contributed by atoms with van der Waals surface area (Å²) in [6.07, 6.45) is -1.22. The first-order chi connectivity index (χ1) is 28.0. The molecule has 0 saturated carbocycles. The fraction of sp³-hybridized carbons (Fsp3) is 0.342. The zero-order valence-electron chi connectivity index (χ0n) is 31.8. The Morgan fingerprint density at radius 2 is 1.78 bits per heavy atom. The lowest BCUT2D eigenvalue weighted by Crippen LogP contribution is -2.71. The highest BCUT2D eigenvalue weighted by atomic mass is 32.2. The molecule has 16 nitrogen and oxygen atoms in total. The molecule has 0 aliphatic carbocycles. The van der Waals surface area contributed by atoms with Gasteiger partial charge < -0.3 is 30.3 Å². The average Bonchev–Trinajstić information content (AvgIpc) is 3.92. The number of aromatic nitrogens is 3. The highest BCUT2D eigenvalue weighted by Gasteiger charge is 2.55. The number of benzene rings is 2. The molecule has 4 aromatic rings. The van der Waals surface area contributed by atoms with E-state index in [1.165, 1.54) is 45.1 Å². The van der Waals surface area contributed by atoms with Gasteiger partial charge in [-0.2, -0.15) is 0 Å². The first kappa shape index (κ1) is 42.3. The average molecular weight is 865 g/mol. The van der Waals surface area contributed by atoms with Gasteiger partial charge in [0, 0.05) is 16.9 Å². The van der Waals surface area contributed by atoms with Crippen LogP contribution in [0.1, 0.15) is 57.0 Å². The van der Waals surface area contributed by atoms with Gasteiger partial charge >= 0.3 is 12.1 Å². The van der Waals surface area contributed by atoms with Gasteiger partial charge in [0.1, 0.15) is 40.0 Å². The van der Waals surface area contributed by atoms with Gasteiger partial charge in [-0.25, -0.2) is 14.6 Å². The number of carbonyl (C=O) groups is 5. The van der Waals surface area contributed by atoms with Crippen LogP contribution in [0.15, 0.2) is 92.3 Å². The van der Waals surface area contributed by atoms with E-state index in [4.69, 9.17) is 14.3 Å². The van der Waals surface area contributed by atoms with Gasteiger partial charge in [0.15, 0.2) is 21.3 Å². The molecule has 304 valence electrons. The van der Waals surface area contributed by atoms with E-state index in [0.717, 1.165) is 22.5 Å². The van der Waals surface area contributed by atoms with Crippen molar-refractivity contribution in [1.29, 1.82) is 0 Å². The normalized spacial score (nSPS) is 17.2. The summed E-state index contributed by atoms with van der Waals surface area (Å²) < 4.78 is 12.3. The van der Waals surface area contributed by atoms with E-state index in [-0.39, 0.29) is 28.8 Å².